The van der Waals surface area contributed by atoms with Crippen molar-refractivity contribution in [1.29, 1.82) is 0 Å². The van der Waals surface area contributed by atoms with E-state index in [1.165, 1.54) is 18.5 Å². The molecule has 2 fully saturated rings. The van der Waals surface area contributed by atoms with Gasteiger partial charge < -0.3 is 15.5 Å². The van der Waals surface area contributed by atoms with Gasteiger partial charge in [-0.15, -0.1) is 0 Å². The molecular formula is C18H27N3O. The fourth-order valence-corrected chi connectivity index (χ4v) is 3.63. The van der Waals surface area contributed by atoms with Crippen LogP contribution < -0.4 is 10.6 Å². The van der Waals surface area contributed by atoms with E-state index in [1.54, 1.807) is 0 Å². The van der Waals surface area contributed by atoms with Crippen molar-refractivity contribution in [2.75, 3.05) is 31.1 Å². The molecule has 1 saturated heterocycles. The maximum atomic E-state index is 12.7. The van der Waals surface area contributed by atoms with Crippen LogP contribution in [0.1, 0.15) is 37.0 Å². The van der Waals surface area contributed by atoms with Gasteiger partial charge in [0.25, 0.3) is 5.91 Å². The van der Waals surface area contributed by atoms with E-state index < -0.39 is 0 Å². The fourth-order valence-electron chi connectivity index (χ4n) is 3.63. The lowest BCUT2D eigenvalue weighted by molar-refractivity contribution is 0.0785. The topological polar surface area (TPSA) is 49.6 Å². The highest BCUT2D eigenvalue weighted by atomic mass is 16.2. The summed E-state index contributed by atoms with van der Waals surface area (Å²) in [6, 6.07) is 8.16. The lowest BCUT2D eigenvalue weighted by Gasteiger charge is -2.22. The third-order valence-corrected chi connectivity index (χ3v) is 5.17. The molecule has 0 aromatic heterocycles. The highest BCUT2D eigenvalue weighted by Crippen LogP contribution is 2.41. The van der Waals surface area contributed by atoms with Crippen LogP contribution in [-0.2, 0) is 0 Å². The van der Waals surface area contributed by atoms with E-state index in [-0.39, 0.29) is 11.9 Å². The van der Waals surface area contributed by atoms with Crippen molar-refractivity contribution in [3.05, 3.63) is 29.8 Å². The molecule has 1 heterocycles. The molecule has 1 saturated carbocycles. The standard InChI is InChI=1S/C18H27N3O/c1-3-20(4-2)15-9-7-14(8-10-15)18(22)21-11-16(13-5-6-13)17(19)12-21/h7-10,13,16-17H,3-6,11-12,19H2,1-2H3/t16-,17+/m0/s1. The van der Waals surface area contributed by atoms with E-state index in [9.17, 15) is 4.79 Å². The number of hydrogen-bond donors (Lipinski definition) is 1. The normalized spacial score (nSPS) is 24.6. The van der Waals surface area contributed by atoms with Gasteiger partial charge in [-0.2, -0.15) is 0 Å². The van der Waals surface area contributed by atoms with Gasteiger partial charge in [-0.25, -0.2) is 0 Å². The van der Waals surface area contributed by atoms with Crippen molar-refractivity contribution in [1.82, 2.24) is 4.90 Å². The van der Waals surface area contributed by atoms with Crippen molar-refractivity contribution in [3.8, 4) is 0 Å². The Kier molecular flexibility index (Phi) is 4.39. The van der Waals surface area contributed by atoms with Crippen LogP contribution in [0.4, 0.5) is 5.69 Å². The maximum Gasteiger partial charge on any atom is 0.253 e. The average molecular weight is 301 g/mol. The van der Waals surface area contributed by atoms with E-state index in [2.05, 4.69) is 30.9 Å². The second kappa shape index (κ2) is 6.29. The Morgan fingerprint density at radius 2 is 1.82 bits per heavy atom. The first-order valence-electron chi connectivity index (χ1n) is 8.53. The van der Waals surface area contributed by atoms with Crippen LogP contribution in [0, 0.1) is 11.8 Å². The summed E-state index contributed by atoms with van der Waals surface area (Å²) in [7, 11) is 0. The van der Waals surface area contributed by atoms with Crippen molar-refractivity contribution in [3.63, 3.8) is 0 Å². The van der Waals surface area contributed by atoms with Crippen LogP contribution in [0.15, 0.2) is 24.3 Å². The summed E-state index contributed by atoms with van der Waals surface area (Å²) in [5, 5.41) is 0. The van der Waals surface area contributed by atoms with Crippen LogP contribution in [0.2, 0.25) is 0 Å². The molecule has 2 atom stereocenters. The number of likely N-dealkylation sites (tertiary alicyclic amines) is 1. The number of anilines is 1. The summed E-state index contributed by atoms with van der Waals surface area (Å²) in [4.78, 5) is 16.9. The predicted octanol–water partition coefficient (Wildman–Crippen LogP) is 2.34. The Morgan fingerprint density at radius 3 is 2.36 bits per heavy atom. The van der Waals surface area contributed by atoms with Crippen molar-refractivity contribution < 1.29 is 4.79 Å². The van der Waals surface area contributed by atoms with E-state index in [4.69, 9.17) is 5.73 Å². The molecule has 0 bridgehead atoms. The molecule has 3 rings (SSSR count). The average Bonchev–Trinajstić information content (AvgIpc) is 3.31. The Hall–Kier alpha value is -1.55. The lowest BCUT2D eigenvalue weighted by atomic mass is 9.99. The van der Waals surface area contributed by atoms with Crippen LogP contribution in [0.25, 0.3) is 0 Å². The SMILES string of the molecule is CCN(CC)c1ccc(C(=O)N2C[C@@H](N)[C@H](C3CC3)C2)cc1. The number of rotatable bonds is 5. The maximum absolute atomic E-state index is 12.7. The first-order valence-corrected chi connectivity index (χ1v) is 8.53. The quantitative estimate of drug-likeness (QED) is 0.908. The van der Waals surface area contributed by atoms with E-state index in [0.29, 0.717) is 12.5 Å². The molecule has 1 aliphatic carbocycles. The highest BCUT2D eigenvalue weighted by molar-refractivity contribution is 5.94. The number of amides is 1. The minimum absolute atomic E-state index is 0.129. The van der Waals surface area contributed by atoms with Crippen LogP contribution in [0.3, 0.4) is 0 Å². The minimum atomic E-state index is 0.129. The van der Waals surface area contributed by atoms with Gasteiger partial charge in [-0.05, 0) is 62.8 Å². The fraction of sp³-hybridized carbons (Fsp3) is 0.611. The molecule has 4 heteroatoms. The van der Waals surface area contributed by atoms with Crippen molar-refractivity contribution >= 4 is 11.6 Å². The molecule has 0 unspecified atom stereocenters. The van der Waals surface area contributed by atoms with E-state index in [0.717, 1.165) is 31.1 Å². The van der Waals surface area contributed by atoms with Gasteiger partial charge in [0.15, 0.2) is 0 Å². The second-order valence-corrected chi connectivity index (χ2v) is 6.59. The molecule has 22 heavy (non-hydrogen) atoms. The first-order chi connectivity index (χ1) is 10.6. The predicted molar refractivity (Wildman–Crippen MR) is 90.1 cm³/mol. The third-order valence-electron chi connectivity index (χ3n) is 5.17. The minimum Gasteiger partial charge on any atom is -0.372 e. The largest absolute Gasteiger partial charge is 0.372 e. The smallest absolute Gasteiger partial charge is 0.253 e. The molecule has 120 valence electrons. The number of hydrogen-bond acceptors (Lipinski definition) is 3. The molecule has 2 N–H and O–H groups in total. The van der Waals surface area contributed by atoms with E-state index in [1.807, 2.05) is 17.0 Å². The Labute approximate surface area is 133 Å². The van der Waals surface area contributed by atoms with Gasteiger partial charge in [0, 0.05) is 43.5 Å². The molecule has 0 spiro atoms. The molecule has 4 nitrogen and oxygen atoms in total. The zero-order valence-corrected chi connectivity index (χ0v) is 13.7. The Bertz CT molecular complexity index is 520. The summed E-state index contributed by atoms with van der Waals surface area (Å²) < 4.78 is 0. The van der Waals surface area contributed by atoms with Crippen molar-refractivity contribution in [2.45, 2.75) is 32.7 Å². The van der Waals surface area contributed by atoms with Gasteiger partial charge in [0.2, 0.25) is 0 Å². The lowest BCUT2D eigenvalue weighted by Crippen LogP contribution is -2.32. The van der Waals surface area contributed by atoms with Crippen LogP contribution >= 0.6 is 0 Å². The summed E-state index contributed by atoms with van der Waals surface area (Å²) >= 11 is 0. The molecule has 2 aliphatic rings. The van der Waals surface area contributed by atoms with E-state index >= 15 is 0 Å². The summed E-state index contributed by atoms with van der Waals surface area (Å²) in [6.07, 6.45) is 2.58. The number of nitrogens with zero attached hydrogens (tertiary/aromatic N) is 2. The van der Waals surface area contributed by atoms with Crippen LogP contribution in [0.5, 0.6) is 0 Å². The molecule has 1 aromatic carbocycles. The first kappa shape index (κ1) is 15.3. The van der Waals surface area contributed by atoms with Crippen LogP contribution in [-0.4, -0.2) is 43.0 Å². The van der Waals surface area contributed by atoms with Gasteiger partial charge in [-0.1, -0.05) is 0 Å². The third kappa shape index (κ3) is 2.98. The summed E-state index contributed by atoms with van der Waals surface area (Å²) in [5.41, 5.74) is 8.18. The highest BCUT2D eigenvalue weighted by Gasteiger charge is 2.42. The van der Waals surface area contributed by atoms with Gasteiger partial charge in [0.05, 0.1) is 0 Å². The molecule has 0 radical (unpaired) electrons. The molecule has 1 aliphatic heterocycles. The molecular weight excluding hydrogens is 274 g/mol. The zero-order chi connectivity index (χ0) is 15.7. The Morgan fingerprint density at radius 1 is 1.18 bits per heavy atom. The number of benzene rings is 1. The van der Waals surface area contributed by atoms with Gasteiger partial charge >= 0.3 is 0 Å². The number of carbonyl (C=O) groups is 1. The number of nitrogens with two attached hydrogens (primary N) is 1. The zero-order valence-electron chi connectivity index (χ0n) is 13.7. The summed E-state index contributed by atoms with van der Waals surface area (Å²) in [6.45, 7) is 7.79. The molecule has 1 amide bonds. The summed E-state index contributed by atoms with van der Waals surface area (Å²) in [5.74, 6) is 1.40. The van der Waals surface area contributed by atoms with Gasteiger partial charge in [-0.3, -0.25) is 4.79 Å². The number of carbonyl (C=O) groups excluding carboxylic acids is 1. The van der Waals surface area contributed by atoms with Crippen molar-refractivity contribution in [2.24, 2.45) is 17.6 Å². The molecule has 1 aromatic rings. The monoisotopic (exact) mass is 301 g/mol. The second-order valence-electron chi connectivity index (χ2n) is 6.59. The Balaban J connectivity index is 1.67. The van der Waals surface area contributed by atoms with Gasteiger partial charge in [0.1, 0.15) is 0 Å².